The lowest BCUT2D eigenvalue weighted by molar-refractivity contribution is 0.262. The minimum Gasteiger partial charge on any atom is -0.506 e. The number of hydrogen-bond donors (Lipinski definition) is 3. The quantitative estimate of drug-likeness (QED) is 0.572. The Morgan fingerprint density at radius 2 is 1.56 bits per heavy atom. The van der Waals surface area contributed by atoms with Crippen molar-refractivity contribution < 1.29 is 19.4 Å². The van der Waals surface area contributed by atoms with Gasteiger partial charge in [-0.15, -0.1) is 0 Å². The Hall–Kier alpha value is -3.67. The molecule has 0 bridgehead atoms. The fourth-order valence-electron chi connectivity index (χ4n) is 2.71. The van der Waals surface area contributed by atoms with E-state index in [-0.39, 0.29) is 5.75 Å². The number of methoxy groups -OCH3 is 2. The van der Waals surface area contributed by atoms with Gasteiger partial charge in [0.2, 0.25) is 0 Å². The summed E-state index contributed by atoms with van der Waals surface area (Å²) in [6.45, 7) is 0. The Balaban J connectivity index is 1.81. The van der Waals surface area contributed by atoms with Gasteiger partial charge in [-0.2, -0.15) is 0 Å². The maximum absolute atomic E-state index is 12.4. The first-order valence-corrected chi connectivity index (χ1v) is 8.30. The summed E-state index contributed by atoms with van der Waals surface area (Å²) in [5, 5.41) is 15.5. The lowest BCUT2D eigenvalue weighted by atomic mass is 10.0. The summed E-state index contributed by atoms with van der Waals surface area (Å²) in [5.74, 6) is 0.893. The zero-order valence-corrected chi connectivity index (χ0v) is 15.0. The number of para-hydroxylation sites is 1. The van der Waals surface area contributed by atoms with Crippen molar-refractivity contribution in [1.82, 2.24) is 0 Å². The lowest BCUT2D eigenvalue weighted by Gasteiger charge is -2.14. The van der Waals surface area contributed by atoms with E-state index < -0.39 is 6.03 Å². The Bertz CT molecular complexity index is 942. The van der Waals surface area contributed by atoms with Crippen molar-refractivity contribution in [1.29, 1.82) is 0 Å². The number of phenolic OH excluding ortho intramolecular Hbond substituents is 1. The van der Waals surface area contributed by atoms with Gasteiger partial charge in [0.15, 0.2) is 11.5 Å². The van der Waals surface area contributed by atoms with Crippen molar-refractivity contribution in [2.24, 2.45) is 0 Å². The number of benzene rings is 3. The van der Waals surface area contributed by atoms with E-state index in [0.717, 1.165) is 11.1 Å². The number of amides is 2. The van der Waals surface area contributed by atoms with Gasteiger partial charge in [0.1, 0.15) is 5.75 Å². The highest BCUT2D eigenvalue weighted by Crippen LogP contribution is 2.35. The number of rotatable bonds is 5. The van der Waals surface area contributed by atoms with Crippen molar-refractivity contribution in [2.75, 3.05) is 24.9 Å². The molecule has 3 rings (SSSR count). The predicted octanol–water partition coefficient (Wildman–Crippen LogP) is 4.72. The minimum atomic E-state index is -0.512. The molecule has 138 valence electrons. The standard InChI is InChI=1S/C21H20N2O4/c1-26-19-10-6-9-16(20(19)27-2)22-21(25)23-17-13-15(11-12-18(17)24)14-7-4-3-5-8-14/h3-13,24H,1-2H3,(H2,22,23,25). The molecule has 0 unspecified atom stereocenters. The van der Waals surface area contributed by atoms with Crippen LogP contribution in [-0.4, -0.2) is 25.4 Å². The molecule has 6 nitrogen and oxygen atoms in total. The fraction of sp³-hybridized carbons (Fsp3) is 0.0952. The number of hydrogen-bond acceptors (Lipinski definition) is 4. The van der Waals surface area contributed by atoms with Crippen LogP contribution in [0.25, 0.3) is 11.1 Å². The van der Waals surface area contributed by atoms with Crippen LogP contribution >= 0.6 is 0 Å². The molecule has 0 fully saturated rings. The summed E-state index contributed by atoms with van der Waals surface area (Å²) in [6, 6.07) is 19.4. The van der Waals surface area contributed by atoms with Gasteiger partial charge in [0, 0.05) is 0 Å². The van der Waals surface area contributed by atoms with Gasteiger partial charge in [-0.1, -0.05) is 42.5 Å². The second kappa shape index (κ2) is 8.14. The van der Waals surface area contributed by atoms with E-state index in [1.165, 1.54) is 14.2 Å². The smallest absolute Gasteiger partial charge is 0.323 e. The molecule has 0 heterocycles. The second-order valence-corrected chi connectivity index (χ2v) is 5.72. The average molecular weight is 364 g/mol. The molecule has 0 aliphatic carbocycles. The molecular weight excluding hydrogens is 344 g/mol. The molecule has 0 spiro atoms. The molecule has 27 heavy (non-hydrogen) atoms. The van der Waals surface area contributed by atoms with Crippen molar-refractivity contribution in [2.45, 2.75) is 0 Å². The summed E-state index contributed by atoms with van der Waals surface area (Å²) >= 11 is 0. The maximum atomic E-state index is 12.4. The van der Waals surface area contributed by atoms with E-state index in [2.05, 4.69) is 10.6 Å². The van der Waals surface area contributed by atoms with Crippen LogP contribution in [0.2, 0.25) is 0 Å². The zero-order chi connectivity index (χ0) is 19.2. The number of phenols is 1. The van der Waals surface area contributed by atoms with Crippen LogP contribution in [0.15, 0.2) is 66.7 Å². The van der Waals surface area contributed by atoms with Gasteiger partial charge in [-0.25, -0.2) is 4.79 Å². The van der Waals surface area contributed by atoms with Gasteiger partial charge in [-0.3, -0.25) is 0 Å². The minimum absolute atomic E-state index is 0.0255. The number of urea groups is 1. The molecular formula is C21H20N2O4. The van der Waals surface area contributed by atoms with Crippen LogP contribution in [-0.2, 0) is 0 Å². The monoisotopic (exact) mass is 364 g/mol. The highest BCUT2D eigenvalue weighted by molar-refractivity contribution is 6.02. The maximum Gasteiger partial charge on any atom is 0.323 e. The summed E-state index contributed by atoms with van der Waals surface area (Å²) in [5.41, 5.74) is 2.61. The topological polar surface area (TPSA) is 79.8 Å². The molecule has 3 aromatic rings. The summed E-state index contributed by atoms with van der Waals surface area (Å²) < 4.78 is 10.5. The van der Waals surface area contributed by atoms with Crippen LogP contribution in [0.3, 0.4) is 0 Å². The van der Waals surface area contributed by atoms with Crippen molar-refractivity contribution in [3.8, 4) is 28.4 Å². The third-order valence-electron chi connectivity index (χ3n) is 4.00. The molecule has 3 N–H and O–H groups in total. The van der Waals surface area contributed by atoms with E-state index >= 15 is 0 Å². The summed E-state index contributed by atoms with van der Waals surface area (Å²) in [4.78, 5) is 12.4. The highest BCUT2D eigenvalue weighted by atomic mass is 16.5. The number of carbonyl (C=O) groups is 1. The van der Waals surface area contributed by atoms with E-state index in [4.69, 9.17) is 9.47 Å². The second-order valence-electron chi connectivity index (χ2n) is 5.72. The van der Waals surface area contributed by atoms with Crippen molar-refractivity contribution >= 4 is 17.4 Å². The first-order chi connectivity index (χ1) is 13.1. The number of anilines is 2. The lowest BCUT2D eigenvalue weighted by Crippen LogP contribution is -2.20. The first-order valence-electron chi connectivity index (χ1n) is 8.30. The fourth-order valence-corrected chi connectivity index (χ4v) is 2.71. The number of aromatic hydroxyl groups is 1. The van der Waals surface area contributed by atoms with Gasteiger partial charge in [0.05, 0.1) is 25.6 Å². The largest absolute Gasteiger partial charge is 0.506 e. The number of carbonyl (C=O) groups excluding carboxylic acids is 1. The van der Waals surface area contributed by atoms with Crippen LogP contribution in [0.1, 0.15) is 0 Å². The zero-order valence-electron chi connectivity index (χ0n) is 15.0. The van der Waals surface area contributed by atoms with Crippen molar-refractivity contribution in [3.05, 3.63) is 66.7 Å². The molecule has 0 aliphatic rings. The van der Waals surface area contributed by atoms with E-state index in [0.29, 0.717) is 22.9 Å². The summed E-state index contributed by atoms with van der Waals surface area (Å²) in [6.07, 6.45) is 0. The van der Waals surface area contributed by atoms with Gasteiger partial charge < -0.3 is 25.2 Å². The third-order valence-corrected chi connectivity index (χ3v) is 4.00. The Morgan fingerprint density at radius 1 is 0.815 bits per heavy atom. The molecule has 0 radical (unpaired) electrons. The Morgan fingerprint density at radius 3 is 2.26 bits per heavy atom. The number of ether oxygens (including phenoxy) is 2. The van der Waals surface area contributed by atoms with Crippen LogP contribution in [0.4, 0.5) is 16.2 Å². The SMILES string of the molecule is COc1cccc(NC(=O)Nc2cc(-c3ccccc3)ccc2O)c1OC. The molecule has 0 aromatic heterocycles. The molecule has 0 aliphatic heterocycles. The predicted molar refractivity (Wildman–Crippen MR) is 106 cm³/mol. The summed E-state index contributed by atoms with van der Waals surface area (Å²) in [7, 11) is 3.02. The Labute approximate surface area is 157 Å². The molecule has 0 atom stereocenters. The Kier molecular flexibility index (Phi) is 5.47. The van der Waals surface area contributed by atoms with Crippen LogP contribution in [0.5, 0.6) is 17.2 Å². The first kappa shape index (κ1) is 18.1. The molecule has 6 heteroatoms. The van der Waals surface area contributed by atoms with Crippen LogP contribution in [0, 0.1) is 0 Å². The van der Waals surface area contributed by atoms with E-state index in [1.54, 1.807) is 36.4 Å². The van der Waals surface area contributed by atoms with Gasteiger partial charge >= 0.3 is 6.03 Å². The van der Waals surface area contributed by atoms with Crippen LogP contribution < -0.4 is 20.1 Å². The molecule has 0 saturated heterocycles. The van der Waals surface area contributed by atoms with E-state index in [1.807, 2.05) is 30.3 Å². The normalized spacial score (nSPS) is 10.1. The van der Waals surface area contributed by atoms with Gasteiger partial charge in [0.25, 0.3) is 0 Å². The van der Waals surface area contributed by atoms with Gasteiger partial charge in [-0.05, 0) is 35.4 Å². The average Bonchev–Trinajstić information content (AvgIpc) is 2.70. The van der Waals surface area contributed by atoms with Crippen molar-refractivity contribution in [3.63, 3.8) is 0 Å². The number of nitrogens with one attached hydrogen (secondary N) is 2. The highest BCUT2D eigenvalue weighted by Gasteiger charge is 2.13. The van der Waals surface area contributed by atoms with E-state index in [9.17, 15) is 9.90 Å². The molecule has 0 saturated carbocycles. The molecule has 3 aromatic carbocycles. The third kappa shape index (κ3) is 4.12. The molecule has 2 amide bonds.